The average molecular weight is 256 g/mol. The molecule has 0 N–H and O–H groups in total. The third kappa shape index (κ3) is 3.79. The van der Waals surface area contributed by atoms with Crippen molar-refractivity contribution in [3.8, 4) is 0 Å². The molecule has 0 spiro atoms. The number of alkyl halides is 2. The van der Waals surface area contributed by atoms with Gasteiger partial charge in [-0.2, -0.15) is 0 Å². The highest BCUT2D eigenvalue weighted by atomic mass is 19.3. The fraction of sp³-hybridized carbons (Fsp3) is 0.500. The first kappa shape index (κ1) is 14.6. The third-order valence-corrected chi connectivity index (χ3v) is 2.46. The molecule has 0 aliphatic heterocycles. The van der Waals surface area contributed by atoms with E-state index in [2.05, 4.69) is 0 Å². The number of benzene rings is 1. The van der Waals surface area contributed by atoms with Crippen molar-refractivity contribution in [1.82, 2.24) is 0 Å². The number of ether oxygens (including phenoxy) is 1. The van der Waals surface area contributed by atoms with Crippen LogP contribution in [0.15, 0.2) is 24.3 Å². The maximum absolute atomic E-state index is 13.9. The average Bonchev–Trinajstić information content (AvgIpc) is 2.28. The first-order chi connectivity index (χ1) is 8.36. The van der Waals surface area contributed by atoms with Crippen molar-refractivity contribution < 1.29 is 18.3 Å². The number of hydrogen-bond donors (Lipinski definition) is 0. The van der Waals surface area contributed by atoms with Crippen LogP contribution in [0.3, 0.4) is 0 Å². The molecule has 0 aliphatic rings. The number of hydrogen-bond acceptors (Lipinski definition) is 2. The van der Waals surface area contributed by atoms with Crippen molar-refractivity contribution in [3.63, 3.8) is 0 Å². The van der Waals surface area contributed by atoms with Crippen molar-refractivity contribution in [1.29, 1.82) is 0 Å². The summed E-state index contributed by atoms with van der Waals surface area (Å²) >= 11 is 0. The molecule has 18 heavy (non-hydrogen) atoms. The van der Waals surface area contributed by atoms with Gasteiger partial charge in [0.25, 0.3) is 5.92 Å². The zero-order valence-corrected chi connectivity index (χ0v) is 10.9. The van der Waals surface area contributed by atoms with Gasteiger partial charge in [-0.05, 0) is 25.0 Å². The molecule has 4 heteroatoms. The molecular formula is C14H18F2O2. The highest BCUT2D eigenvalue weighted by molar-refractivity contribution is 5.89. The van der Waals surface area contributed by atoms with Crippen LogP contribution in [0.5, 0.6) is 0 Å². The number of rotatable bonds is 5. The number of esters is 1. The molecule has 0 aliphatic carbocycles. The maximum atomic E-state index is 13.9. The number of carbonyl (C=O) groups excluding carboxylic acids is 1. The van der Waals surface area contributed by atoms with E-state index in [9.17, 15) is 13.6 Å². The second kappa shape index (κ2) is 5.94. The van der Waals surface area contributed by atoms with Gasteiger partial charge in [0.1, 0.15) is 0 Å². The number of carbonyl (C=O) groups is 1. The van der Waals surface area contributed by atoms with Crippen LogP contribution < -0.4 is 0 Å². The lowest BCUT2D eigenvalue weighted by Gasteiger charge is -2.19. The molecule has 0 fully saturated rings. The Labute approximate surface area is 106 Å². The van der Waals surface area contributed by atoms with Gasteiger partial charge < -0.3 is 4.74 Å². The number of halogens is 2. The Kier molecular flexibility index (Phi) is 4.82. The first-order valence-electron chi connectivity index (χ1n) is 6.02. The van der Waals surface area contributed by atoms with Crippen LogP contribution in [0.25, 0.3) is 0 Å². The van der Waals surface area contributed by atoms with E-state index in [4.69, 9.17) is 4.74 Å². The lowest BCUT2D eigenvalue weighted by atomic mass is 9.97. The molecule has 2 nitrogen and oxygen atoms in total. The fourth-order valence-corrected chi connectivity index (χ4v) is 1.72. The Morgan fingerprint density at radius 2 is 2.06 bits per heavy atom. The normalized spacial score (nSPS) is 11.7. The summed E-state index contributed by atoms with van der Waals surface area (Å²) in [7, 11) is 0. The van der Waals surface area contributed by atoms with Crippen LogP contribution in [0.1, 0.15) is 43.1 Å². The molecule has 0 aromatic heterocycles. The lowest BCUT2D eigenvalue weighted by molar-refractivity contribution is -0.0249. The van der Waals surface area contributed by atoms with Crippen LogP contribution in [0.4, 0.5) is 8.78 Å². The Morgan fingerprint density at radius 3 is 2.61 bits per heavy atom. The molecule has 0 heterocycles. The van der Waals surface area contributed by atoms with Gasteiger partial charge in [-0.15, -0.1) is 0 Å². The summed E-state index contributed by atoms with van der Waals surface area (Å²) in [6.45, 7) is 5.38. The minimum Gasteiger partial charge on any atom is -0.462 e. The highest BCUT2D eigenvalue weighted by Gasteiger charge is 2.32. The minimum atomic E-state index is -2.92. The summed E-state index contributed by atoms with van der Waals surface area (Å²) in [5, 5.41) is 0. The van der Waals surface area contributed by atoms with Crippen molar-refractivity contribution in [3.05, 3.63) is 35.4 Å². The second-order valence-corrected chi connectivity index (χ2v) is 4.60. The summed E-state index contributed by atoms with van der Waals surface area (Å²) < 4.78 is 32.6. The van der Waals surface area contributed by atoms with E-state index in [1.807, 2.05) is 0 Å². The molecule has 1 aromatic rings. The van der Waals surface area contributed by atoms with Gasteiger partial charge in [-0.1, -0.05) is 26.0 Å². The van der Waals surface area contributed by atoms with Crippen LogP contribution in [0, 0.1) is 5.92 Å². The second-order valence-electron chi connectivity index (χ2n) is 4.60. The molecule has 0 unspecified atom stereocenters. The third-order valence-electron chi connectivity index (χ3n) is 2.46. The predicted molar refractivity (Wildman–Crippen MR) is 65.7 cm³/mol. The zero-order chi connectivity index (χ0) is 13.8. The molecule has 0 radical (unpaired) electrons. The fourth-order valence-electron chi connectivity index (χ4n) is 1.72. The summed E-state index contributed by atoms with van der Waals surface area (Å²) in [6, 6.07) is 5.48. The van der Waals surface area contributed by atoms with Gasteiger partial charge >= 0.3 is 5.97 Å². The molecule has 0 saturated carbocycles. The molecule has 0 atom stereocenters. The Morgan fingerprint density at radius 1 is 1.39 bits per heavy atom. The standard InChI is InChI=1S/C14H18F2O2/c1-4-18-13(17)11-6-5-7-12(8-11)14(15,16)9-10(2)3/h5-8,10H,4,9H2,1-3H3. The zero-order valence-electron chi connectivity index (χ0n) is 10.9. The summed E-state index contributed by atoms with van der Waals surface area (Å²) in [5.74, 6) is -3.61. The van der Waals surface area contributed by atoms with E-state index in [0.29, 0.717) is 0 Å². The van der Waals surface area contributed by atoms with Crippen molar-refractivity contribution in [2.45, 2.75) is 33.1 Å². The van der Waals surface area contributed by atoms with Gasteiger partial charge in [0, 0.05) is 12.0 Å². The largest absolute Gasteiger partial charge is 0.462 e. The SMILES string of the molecule is CCOC(=O)c1cccc(C(F)(F)CC(C)C)c1. The van der Waals surface area contributed by atoms with Crippen LogP contribution in [-0.2, 0) is 10.7 Å². The Balaban J connectivity index is 2.97. The first-order valence-corrected chi connectivity index (χ1v) is 6.02. The van der Waals surface area contributed by atoms with E-state index in [0.717, 1.165) is 0 Å². The summed E-state index contributed by atoms with van der Waals surface area (Å²) in [4.78, 5) is 11.5. The minimum absolute atomic E-state index is 0.119. The van der Waals surface area contributed by atoms with Crippen LogP contribution in [0.2, 0.25) is 0 Å². The Bertz CT molecular complexity index is 414. The van der Waals surface area contributed by atoms with Crippen LogP contribution >= 0.6 is 0 Å². The molecular weight excluding hydrogens is 238 g/mol. The summed E-state index contributed by atoms with van der Waals surface area (Å²) in [6.07, 6.45) is -0.237. The lowest BCUT2D eigenvalue weighted by Crippen LogP contribution is -2.17. The predicted octanol–water partition coefficient (Wildman–Crippen LogP) is 4.00. The van der Waals surface area contributed by atoms with Crippen LogP contribution in [-0.4, -0.2) is 12.6 Å². The van der Waals surface area contributed by atoms with E-state index >= 15 is 0 Å². The van der Waals surface area contributed by atoms with E-state index in [1.165, 1.54) is 24.3 Å². The molecule has 1 aromatic carbocycles. The van der Waals surface area contributed by atoms with Crippen molar-refractivity contribution in [2.75, 3.05) is 6.61 Å². The monoisotopic (exact) mass is 256 g/mol. The van der Waals surface area contributed by atoms with Gasteiger partial charge in [0.05, 0.1) is 12.2 Å². The topological polar surface area (TPSA) is 26.3 Å². The smallest absolute Gasteiger partial charge is 0.338 e. The van der Waals surface area contributed by atoms with Crippen molar-refractivity contribution in [2.24, 2.45) is 5.92 Å². The Hall–Kier alpha value is -1.45. The molecule has 100 valence electrons. The molecule has 0 bridgehead atoms. The molecule has 0 amide bonds. The highest BCUT2D eigenvalue weighted by Crippen LogP contribution is 2.34. The van der Waals surface area contributed by atoms with E-state index in [-0.39, 0.29) is 30.1 Å². The van der Waals surface area contributed by atoms with Gasteiger partial charge in [-0.25, -0.2) is 13.6 Å². The van der Waals surface area contributed by atoms with E-state index in [1.54, 1.807) is 20.8 Å². The maximum Gasteiger partial charge on any atom is 0.338 e. The van der Waals surface area contributed by atoms with Crippen molar-refractivity contribution >= 4 is 5.97 Å². The quantitative estimate of drug-likeness (QED) is 0.744. The summed E-state index contributed by atoms with van der Waals surface area (Å²) in [5.41, 5.74) is 0.0273. The molecule has 1 rings (SSSR count). The van der Waals surface area contributed by atoms with Gasteiger partial charge in [-0.3, -0.25) is 0 Å². The van der Waals surface area contributed by atoms with Gasteiger partial charge in [0.2, 0.25) is 0 Å². The van der Waals surface area contributed by atoms with E-state index < -0.39 is 11.9 Å². The molecule has 0 saturated heterocycles. The van der Waals surface area contributed by atoms with Gasteiger partial charge in [0.15, 0.2) is 0 Å².